The fourth-order valence-corrected chi connectivity index (χ4v) is 11.8. The van der Waals surface area contributed by atoms with Crippen molar-refractivity contribution in [1.82, 2.24) is 0 Å². The van der Waals surface area contributed by atoms with Gasteiger partial charge in [-0.2, -0.15) is 0 Å². The minimum Gasteiger partial charge on any atom is -0.310 e. The number of hydrogen-bond acceptors (Lipinski definition) is 1. The Kier molecular flexibility index (Phi) is 7.97. The number of hydrogen-bond donors (Lipinski definition) is 0. The number of para-hydroxylation sites is 1. The molecule has 0 aromatic heterocycles. The van der Waals surface area contributed by atoms with Gasteiger partial charge in [0.25, 0.3) is 0 Å². The first kappa shape index (κ1) is 36.9. The Balaban J connectivity index is 1.07. The topological polar surface area (TPSA) is 3.24 Å². The van der Waals surface area contributed by atoms with Crippen LogP contribution in [-0.2, 0) is 5.41 Å². The first-order valence-corrected chi connectivity index (χ1v) is 23.0. The number of rotatable bonds is 5. The van der Waals surface area contributed by atoms with Crippen molar-refractivity contribution in [3.8, 4) is 44.5 Å². The van der Waals surface area contributed by atoms with Crippen LogP contribution in [0.4, 0.5) is 17.1 Å². The molecule has 2 aliphatic carbocycles. The molecule has 0 atom stereocenters. The van der Waals surface area contributed by atoms with Crippen LogP contribution in [-0.4, -0.2) is 0 Å². The summed E-state index contributed by atoms with van der Waals surface area (Å²) >= 11 is 0. The fraction of sp³-hybridized carbons (Fsp3) is 0.0154. The molecular formula is C65H41N. The number of nitrogens with zero attached hydrogens (tertiary/aromatic N) is 1. The van der Waals surface area contributed by atoms with Crippen molar-refractivity contribution in [2.75, 3.05) is 4.90 Å². The molecule has 2 aliphatic rings. The van der Waals surface area contributed by atoms with Gasteiger partial charge in [-0.1, -0.05) is 206 Å². The van der Waals surface area contributed by atoms with Gasteiger partial charge in [0.1, 0.15) is 0 Å². The molecule has 0 heterocycles. The molecule has 0 amide bonds. The lowest BCUT2D eigenvalue weighted by Gasteiger charge is -2.33. The van der Waals surface area contributed by atoms with Gasteiger partial charge in [0.15, 0.2) is 0 Å². The summed E-state index contributed by atoms with van der Waals surface area (Å²) in [5, 5.41) is 10.1. The molecule has 66 heavy (non-hydrogen) atoms. The summed E-state index contributed by atoms with van der Waals surface area (Å²) in [6.07, 6.45) is 0. The molecule has 12 aromatic rings. The largest absolute Gasteiger partial charge is 0.310 e. The van der Waals surface area contributed by atoms with Crippen LogP contribution < -0.4 is 4.90 Å². The quantitative estimate of drug-likeness (QED) is 0.156. The van der Waals surface area contributed by atoms with Gasteiger partial charge >= 0.3 is 0 Å². The fourth-order valence-electron chi connectivity index (χ4n) is 11.8. The molecule has 1 spiro atoms. The third kappa shape index (κ3) is 5.23. The smallest absolute Gasteiger partial charge is 0.0726 e. The predicted octanol–water partition coefficient (Wildman–Crippen LogP) is 17.4. The van der Waals surface area contributed by atoms with Crippen LogP contribution in [0.5, 0.6) is 0 Å². The molecule has 14 rings (SSSR count). The normalized spacial score (nSPS) is 13.0. The molecule has 12 aromatic carbocycles. The predicted molar refractivity (Wildman–Crippen MR) is 278 cm³/mol. The summed E-state index contributed by atoms with van der Waals surface area (Å²) in [6.45, 7) is 0. The molecule has 0 unspecified atom stereocenters. The van der Waals surface area contributed by atoms with Crippen LogP contribution in [0.1, 0.15) is 22.3 Å². The van der Waals surface area contributed by atoms with Gasteiger partial charge in [-0.05, 0) is 147 Å². The third-order valence-corrected chi connectivity index (χ3v) is 14.6. The molecule has 0 saturated carbocycles. The van der Waals surface area contributed by atoms with Gasteiger partial charge in [-0.25, -0.2) is 0 Å². The second kappa shape index (κ2) is 14.2. The Bertz CT molecular complexity index is 3850. The van der Waals surface area contributed by atoms with Crippen molar-refractivity contribution in [2.45, 2.75) is 5.41 Å². The second-order valence-electron chi connectivity index (χ2n) is 17.9. The standard InChI is InChI=1S/C65H41N/c1-2-18-47(19-3-1)66(48-36-37-53-51-22-7-6-20-49(51)50-21-8-9-23-52(50)58(53)39-48)64-41-63-59(40-57(64)44-33-30-43(31-34-44)46-35-32-42-16-4-5-17-45(42)38-46)56-26-12-15-29-62(56)65(63)60-27-13-10-24-54(60)55-25-11-14-28-61(55)65/h1-41H. The van der Waals surface area contributed by atoms with Gasteiger partial charge in [-0.3, -0.25) is 0 Å². The van der Waals surface area contributed by atoms with E-state index in [1.807, 2.05) is 0 Å². The van der Waals surface area contributed by atoms with E-state index in [-0.39, 0.29) is 0 Å². The Morgan fingerprint density at radius 2 is 0.727 bits per heavy atom. The maximum absolute atomic E-state index is 2.55. The summed E-state index contributed by atoms with van der Waals surface area (Å²) < 4.78 is 0. The highest BCUT2D eigenvalue weighted by atomic mass is 15.1. The maximum Gasteiger partial charge on any atom is 0.0726 e. The monoisotopic (exact) mass is 835 g/mol. The number of anilines is 3. The second-order valence-corrected chi connectivity index (χ2v) is 17.9. The first-order valence-electron chi connectivity index (χ1n) is 23.0. The average molecular weight is 836 g/mol. The molecule has 0 N–H and O–H groups in total. The van der Waals surface area contributed by atoms with Gasteiger partial charge in [-0.15, -0.1) is 0 Å². The van der Waals surface area contributed by atoms with E-state index >= 15 is 0 Å². The van der Waals surface area contributed by atoms with Crippen molar-refractivity contribution in [3.63, 3.8) is 0 Å². The zero-order chi connectivity index (χ0) is 43.3. The van der Waals surface area contributed by atoms with E-state index in [0.717, 1.165) is 17.1 Å². The van der Waals surface area contributed by atoms with Crippen LogP contribution in [0.15, 0.2) is 249 Å². The zero-order valence-corrected chi connectivity index (χ0v) is 36.1. The molecule has 0 radical (unpaired) electrons. The first-order chi connectivity index (χ1) is 32.7. The van der Waals surface area contributed by atoms with Crippen LogP contribution in [0.2, 0.25) is 0 Å². The average Bonchev–Trinajstić information content (AvgIpc) is 3.86. The maximum atomic E-state index is 2.55. The highest BCUT2D eigenvalue weighted by Crippen LogP contribution is 2.64. The number of benzene rings is 12. The summed E-state index contributed by atoms with van der Waals surface area (Å²) in [5.41, 5.74) is 18.1. The zero-order valence-electron chi connectivity index (χ0n) is 36.1. The summed E-state index contributed by atoms with van der Waals surface area (Å²) in [4.78, 5) is 2.51. The molecule has 0 aliphatic heterocycles. The van der Waals surface area contributed by atoms with Gasteiger partial charge in [0.2, 0.25) is 0 Å². The molecule has 0 fully saturated rings. The summed E-state index contributed by atoms with van der Waals surface area (Å²) in [6, 6.07) is 92.9. The van der Waals surface area contributed by atoms with E-state index < -0.39 is 5.41 Å². The Morgan fingerprint density at radius 1 is 0.242 bits per heavy atom. The SMILES string of the molecule is c1ccc(N(c2ccc3c4ccccc4c4ccccc4c3c2)c2cc3c(cc2-c2ccc(-c4ccc5ccccc5c4)cc2)-c2ccccc2C32c3ccccc3-c3ccccc32)cc1. The molecular weight excluding hydrogens is 795 g/mol. The Morgan fingerprint density at radius 3 is 1.36 bits per heavy atom. The summed E-state index contributed by atoms with van der Waals surface area (Å²) in [5.74, 6) is 0. The van der Waals surface area contributed by atoms with Crippen molar-refractivity contribution < 1.29 is 0 Å². The molecule has 1 nitrogen and oxygen atoms in total. The van der Waals surface area contributed by atoms with E-state index in [1.165, 1.54) is 110 Å². The Hall–Kier alpha value is -8.52. The molecule has 0 saturated heterocycles. The molecule has 0 bridgehead atoms. The lowest BCUT2D eigenvalue weighted by Crippen LogP contribution is -2.26. The lowest BCUT2D eigenvalue weighted by molar-refractivity contribution is 0.794. The van der Waals surface area contributed by atoms with Crippen LogP contribution in [0.25, 0.3) is 87.6 Å². The van der Waals surface area contributed by atoms with Crippen LogP contribution in [0, 0.1) is 0 Å². The van der Waals surface area contributed by atoms with Crippen molar-refractivity contribution in [3.05, 3.63) is 271 Å². The van der Waals surface area contributed by atoms with Gasteiger partial charge in [0, 0.05) is 16.9 Å². The van der Waals surface area contributed by atoms with Crippen molar-refractivity contribution in [1.29, 1.82) is 0 Å². The van der Waals surface area contributed by atoms with E-state index in [1.54, 1.807) is 0 Å². The summed E-state index contributed by atoms with van der Waals surface area (Å²) in [7, 11) is 0. The van der Waals surface area contributed by atoms with Gasteiger partial charge < -0.3 is 4.90 Å². The third-order valence-electron chi connectivity index (χ3n) is 14.6. The van der Waals surface area contributed by atoms with Crippen molar-refractivity contribution >= 4 is 60.2 Å². The minimum absolute atomic E-state index is 0.493. The van der Waals surface area contributed by atoms with E-state index in [9.17, 15) is 0 Å². The molecule has 1 heteroatoms. The van der Waals surface area contributed by atoms with E-state index in [0.29, 0.717) is 0 Å². The van der Waals surface area contributed by atoms with Crippen molar-refractivity contribution in [2.24, 2.45) is 0 Å². The highest BCUT2D eigenvalue weighted by Gasteiger charge is 2.52. The Labute approximate surface area is 384 Å². The minimum atomic E-state index is -0.493. The van der Waals surface area contributed by atoms with E-state index in [4.69, 9.17) is 0 Å². The van der Waals surface area contributed by atoms with Gasteiger partial charge in [0.05, 0.1) is 11.1 Å². The molecule has 306 valence electrons. The van der Waals surface area contributed by atoms with Crippen LogP contribution in [0.3, 0.4) is 0 Å². The number of fused-ring (bicyclic) bond motifs is 17. The van der Waals surface area contributed by atoms with Crippen LogP contribution >= 0.6 is 0 Å². The lowest BCUT2D eigenvalue weighted by atomic mass is 9.70. The van der Waals surface area contributed by atoms with E-state index in [2.05, 4.69) is 254 Å². The highest BCUT2D eigenvalue weighted by molar-refractivity contribution is 6.26.